The van der Waals surface area contributed by atoms with Crippen molar-refractivity contribution in [3.05, 3.63) is 124 Å². The molecule has 0 bridgehead atoms. The summed E-state index contributed by atoms with van der Waals surface area (Å²) >= 11 is 0. The van der Waals surface area contributed by atoms with E-state index in [2.05, 4.69) is 0 Å². The predicted molar refractivity (Wildman–Crippen MR) is 146 cm³/mol. The number of hydrogen-bond acceptors (Lipinski definition) is 3. The average Bonchev–Trinajstić information content (AvgIpc) is 2.96. The Morgan fingerprint density at radius 1 is 0.905 bits per heavy atom. The highest BCUT2D eigenvalue weighted by Crippen LogP contribution is 2.47. The summed E-state index contributed by atoms with van der Waals surface area (Å²) in [5, 5.41) is 0. The van der Waals surface area contributed by atoms with Crippen LogP contribution in [0.15, 0.2) is 72.8 Å². The van der Waals surface area contributed by atoms with Gasteiger partial charge in [-0.3, -0.25) is 4.98 Å². The second-order valence-corrected chi connectivity index (χ2v) is 10.6. The molecule has 2 atom stereocenters. The molecule has 1 aliphatic carbocycles. The van der Waals surface area contributed by atoms with E-state index in [-0.39, 0.29) is 22.6 Å². The first-order chi connectivity index (χ1) is 19.9. The van der Waals surface area contributed by atoms with Gasteiger partial charge in [0.05, 0.1) is 16.8 Å². The van der Waals surface area contributed by atoms with Gasteiger partial charge < -0.3 is 4.74 Å². The van der Waals surface area contributed by atoms with Crippen LogP contribution in [-0.2, 0) is 17.3 Å². The van der Waals surface area contributed by atoms with Gasteiger partial charge in [0.15, 0.2) is 6.17 Å². The van der Waals surface area contributed by atoms with Crippen LogP contribution in [0.1, 0.15) is 88.9 Å². The second kappa shape index (κ2) is 11.6. The summed E-state index contributed by atoms with van der Waals surface area (Å²) in [6, 6.07) is 14.2. The zero-order valence-electron chi connectivity index (χ0n) is 22.8. The van der Waals surface area contributed by atoms with Crippen LogP contribution in [0.2, 0.25) is 0 Å². The summed E-state index contributed by atoms with van der Waals surface area (Å²) in [5.41, 5.74) is 1.64. The van der Waals surface area contributed by atoms with E-state index in [9.17, 15) is 26.7 Å². The van der Waals surface area contributed by atoms with Crippen LogP contribution in [0.25, 0.3) is 11.1 Å². The minimum Gasteiger partial charge on any atom is -0.454 e. The Morgan fingerprint density at radius 2 is 1.50 bits per heavy atom. The lowest BCUT2D eigenvalue weighted by Crippen LogP contribution is -2.22. The number of alkyl halides is 4. The summed E-state index contributed by atoms with van der Waals surface area (Å²) in [7, 11) is 0. The fraction of sp³-hybridized carbons (Fsp3) is 0.273. The summed E-state index contributed by atoms with van der Waals surface area (Å²) in [6.07, 6.45) is -5.78. The first-order valence-corrected chi connectivity index (χ1v) is 13.5. The maximum Gasteiger partial charge on any atom is 0.416 e. The molecule has 1 heterocycles. The van der Waals surface area contributed by atoms with Crippen LogP contribution in [0.5, 0.6) is 0 Å². The molecule has 218 valence electrons. The summed E-state index contributed by atoms with van der Waals surface area (Å²) in [5.74, 6) is -2.00. The van der Waals surface area contributed by atoms with Crippen molar-refractivity contribution in [2.75, 3.05) is 0 Å². The van der Waals surface area contributed by atoms with Gasteiger partial charge in [0, 0.05) is 16.8 Å². The number of ether oxygens (including phenoxy) is 1. The number of aryl methyl sites for hydroxylation is 1. The molecule has 4 aromatic rings. The molecular formula is C33H27F6NO2. The van der Waals surface area contributed by atoms with Crippen LogP contribution in [0.3, 0.4) is 0 Å². The topological polar surface area (TPSA) is 39.2 Å². The minimum atomic E-state index is -4.58. The van der Waals surface area contributed by atoms with E-state index in [1.807, 2.05) is 13.8 Å². The highest BCUT2D eigenvalue weighted by molar-refractivity contribution is 5.89. The van der Waals surface area contributed by atoms with Gasteiger partial charge in [-0.15, -0.1) is 0 Å². The smallest absolute Gasteiger partial charge is 0.416 e. The van der Waals surface area contributed by atoms with E-state index in [0.29, 0.717) is 47.3 Å². The summed E-state index contributed by atoms with van der Waals surface area (Å²) < 4.78 is 89.7. The Balaban J connectivity index is 1.70. The molecule has 0 fully saturated rings. The third-order valence-corrected chi connectivity index (χ3v) is 7.38. The van der Waals surface area contributed by atoms with Gasteiger partial charge in [-0.05, 0) is 90.4 Å². The van der Waals surface area contributed by atoms with Crippen LogP contribution in [-0.4, -0.2) is 11.0 Å². The zero-order chi connectivity index (χ0) is 30.2. The van der Waals surface area contributed by atoms with E-state index in [0.717, 1.165) is 36.4 Å². The van der Waals surface area contributed by atoms with E-state index in [1.54, 1.807) is 0 Å². The number of pyridine rings is 1. The maximum absolute atomic E-state index is 16.7. The van der Waals surface area contributed by atoms with E-state index < -0.39 is 41.6 Å². The zero-order valence-corrected chi connectivity index (χ0v) is 22.8. The lowest BCUT2D eigenvalue weighted by molar-refractivity contribution is -0.137. The van der Waals surface area contributed by atoms with Crippen molar-refractivity contribution >= 4 is 5.97 Å². The Morgan fingerprint density at radius 3 is 2.07 bits per heavy atom. The molecular weight excluding hydrogens is 556 g/mol. The van der Waals surface area contributed by atoms with Gasteiger partial charge in [-0.1, -0.05) is 38.1 Å². The van der Waals surface area contributed by atoms with Gasteiger partial charge in [0.2, 0.25) is 0 Å². The van der Waals surface area contributed by atoms with Crippen molar-refractivity contribution in [2.24, 2.45) is 0 Å². The molecule has 5 rings (SSSR count). The second-order valence-electron chi connectivity index (χ2n) is 10.6. The fourth-order valence-electron chi connectivity index (χ4n) is 5.35. The van der Waals surface area contributed by atoms with Gasteiger partial charge in [-0.2, -0.15) is 13.2 Å². The molecule has 0 amide bonds. The van der Waals surface area contributed by atoms with E-state index >= 15 is 4.39 Å². The van der Waals surface area contributed by atoms with Gasteiger partial charge in [-0.25, -0.2) is 18.0 Å². The lowest BCUT2D eigenvalue weighted by atomic mass is 9.80. The number of carbonyl (C=O) groups excluding carboxylic acids is 1. The average molecular weight is 584 g/mol. The van der Waals surface area contributed by atoms with E-state index in [4.69, 9.17) is 9.72 Å². The normalized spacial score (nSPS) is 15.8. The first-order valence-electron chi connectivity index (χ1n) is 13.5. The van der Waals surface area contributed by atoms with Crippen molar-refractivity contribution in [2.45, 2.75) is 57.5 Å². The summed E-state index contributed by atoms with van der Waals surface area (Å²) in [4.78, 5) is 17.9. The largest absolute Gasteiger partial charge is 0.454 e. The molecule has 3 aromatic carbocycles. The minimum absolute atomic E-state index is 0.00863. The highest BCUT2D eigenvalue weighted by atomic mass is 19.4. The third-order valence-electron chi connectivity index (χ3n) is 7.38. The molecule has 3 nitrogen and oxygen atoms in total. The quantitative estimate of drug-likeness (QED) is 0.168. The van der Waals surface area contributed by atoms with Gasteiger partial charge in [0.1, 0.15) is 17.7 Å². The number of fused-ring (bicyclic) bond motifs is 1. The molecule has 1 aliphatic rings. The molecule has 0 radical (unpaired) electrons. The van der Waals surface area contributed by atoms with Gasteiger partial charge >= 0.3 is 12.1 Å². The number of rotatable bonds is 6. The number of benzene rings is 3. The molecule has 1 aromatic heterocycles. The third kappa shape index (κ3) is 5.91. The van der Waals surface area contributed by atoms with Crippen molar-refractivity contribution in [1.29, 1.82) is 0 Å². The molecule has 0 aliphatic heterocycles. The molecule has 0 saturated carbocycles. The van der Waals surface area contributed by atoms with Crippen molar-refractivity contribution in [1.82, 2.24) is 4.98 Å². The maximum atomic E-state index is 16.7. The van der Waals surface area contributed by atoms with Crippen molar-refractivity contribution in [3.8, 4) is 11.1 Å². The Labute approximate surface area is 239 Å². The fourth-order valence-corrected chi connectivity index (χ4v) is 5.35. The molecule has 0 spiro atoms. The first kappa shape index (κ1) is 29.4. The molecule has 9 heteroatoms. The van der Waals surface area contributed by atoms with Crippen molar-refractivity contribution in [3.63, 3.8) is 0 Å². The number of carbonyl (C=O) groups is 1. The number of nitrogens with zero attached hydrogens (tertiary/aromatic N) is 1. The molecule has 0 saturated heterocycles. The number of esters is 1. The summed E-state index contributed by atoms with van der Waals surface area (Å²) in [6.45, 7) is 3.67. The number of aromatic nitrogens is 1. The van der Waals surface area contributed by atoms with Crippen LogP contribution >= 0.6 is 0 Å². The standard InChI is InChI=1S/C33H27F6NO2/c1-18(2)31-29(30(36)20-6-12-22(13-7-20)33(37,38)39)27(19-8-14-23(34)15-9-19)28-25(40-31)4-3-5-26(28)42-32(41)21-10-16-24(35)17-11-21/h6-18,26,30H,3-5H2,1-2H3. The number of hydrogen-bond donors (Lipinski definition) is 0. The lowest BCUT2D eigenvalue weighted by Gasteiger charge is -2.32. The number of halogens is 6. The Bertz CT molecular complexity index is 1580. The van der Waals surface area contributed by atoms with E-state index in [1.165, 1.54) is 36.4 Å². The van der Waals surface area contributed by atoms with Crippen molar-refractivity contribution < 1.29 is 35.9 Å². The molecule has 42 heavy (non-hydrogen) atoms. The predicted octanol–water partition coefficient (Wildman–Crippen LogP) is 9.46. The van der Waals surface area contributed by atoms with Gasteiger partial charge in [0.25, 0.3) is 0 Å². The molecule has 0 N–H and O–H groups in total. The SMILES string of the molecule is CC(C)c1nc2c(c(-c3ccc(F)cc3)c1C(F)c1ccc(C(F)(F)F)cc1)C(OC(=O)c1ccc(F)cc1)CCC2. The van der Waals surface area contributed by atoms with Crippen LogP contribution in [0, 0.1) is 11.6 Å². The van der Waals surface area contributed by atoms with Crippen LogP contribution < -0.4 is 0 Å². The van der Waals surface area contributed by atoms with Crippen LogP contribution in [0.4, 0.5) is 26.3 Å². The Hall–Kier alpha value is -4.14. The Kier molecular flexibility index (Phi) is 8.12. The monoisotopic (exact) mass is 583 g/mol. The molecule has 2 unspecified atom stereocenters. The highest BCUT2D eigenvalue weighted by Gasteiger charge is 2.36.